The first-order valence-corrected chi connectivity index (χ1v) is 10.6. The summed E-state index contributed by atoms with van der Waals surface area (Å²) in [6, 6.07) is 18.9. The minimum absolute atomic E-state index is 0.0188. The zero-order valence-electron chi connectivity index (χ0n) is 17.6. The van der Waals surface area contributed by atoms with E-state index in [1.54, 1.807) is 11.9 Å². The van der Waals surface area contributed by atoms with E-state index < -0.39 is 0 Å². The van der Waals surface area contributed by atoms with Gasteiger partial charge in [0.2, 0.25) is 11.8 Å². The molecule has 160 valence electrons. The third kappa shape index (κ3) is 4.99. The monoisotopic (exact) mass is 418 g/mol. The number of benzene rings is 2. The maximum Gasteiger partial charge on any atom is 0.254 e. The highest BCUT2D eigenvalue weighted by Crippen LogP contribution is 2.31. The Morgan fingerprint density at radius 3 is 2.55 bits per heavy atom. The fourth-order valence-electron chi connectivity index (χ4n) is 3.88. The second kappa shape index (κ2) is 9.55. The lowest BCUT2D eigenvalue weighted by atomic mass is 10.1. The van der Waals surface area contributed by atoms with Gasteiger partial charge in [0.05, 0.1) is 6.04 Å². The summed E-state index contributed by atoms with van der Waals surface area (Å²) in [5.74, 6) is 0.940. The van der Waals surface area contributed by atoms with Crippen molar-refractivity contribution in [1.82, 2.24) is 19.9 Å². The number of hydrogen-bond acceptors (Lipinski definition) is 5. The Balaban J connectivity index is 1.34. The fourth-order valence-corrected chi connectivity index (χ4v) is 3.88. The summed E-state index contributed by atoms with van der Waals surface area (Å²) in [6.45, 7) is 1.23. The Morgan fingerprint density at radius 1 is 1.10 bits per heavy atom. The van der Waals surface area contributed by atoms with Gasteiger partial charge in [-0.05, 0) is 30.5 Å². The molecule has 4 rings (SSSR count). The van der Waals surface area contributed by atoms with E-state index in [1.807, 2.05) is 65.6 Å². The Kier molecular flexibility index (Phi) is 6.40. The zero-order valence-corrected chi connectivity index (χ0v) is 17.6. The summed E-state index contributed by atoms with van der Waals surface area (Å²) in [4.78, 5) is 33.3. The average Bonchev–Trinajstić information content (AvgIpc) is 3.47. The van der Waals surface area contributed by atoms with Crippen LogP contribution >= 0.6 is 0 Å². The van der Waals surface area contributed by atoms with Crippen molar-refractivity contribution in [1.29, 1.82) is 0 Å². The average molecular weight is 418 g/mol. The van der Waals surface area contributed by atoms with Crippen molar-refractivity contribution >= 4 is 11.8 Å². The van der Waals surface area contributed by atoms with Gasteiger partial charge in [-0.25, -0.2) is 0 Å². The maximum absolute atomic E-state index is 12.9. The molecule has 2 heterocycles. The third-order valence-corrected chi connectivity index (χ3v) is 5.56. The predicted molar refractivity (Wildman–Crippen MR) is 115 cm³/mol. The first-order chi connectivity index (χ1) is 15.1. The van der Waals surface area contributed by atoms with Crippen molar-refractivity contribution < 1.29 is 14.1 Å². The second-order valence-electron chi connectivity index (χ2n) is 7.80. The number of likely N-dealkylation sites (tertiary alicyclic amines) is 1. The van der Waals surface area contributed by atoms with Crippen LogP contribution in [0.2, 0.25) is 0 Å². The highest BCUT2D eigenvalue weighted by Gasteiger charge is 2.33. The Bertz CT molecular complexity index is 1020. The van der Waals surface area contributed by atoms with E-state index in [9.17, 15) is 9.59 Å². The molecule has 0 N–H and O–H groups in total. The zero-order chi connectivity index (χ0) is 21.6. The molecule has 31 heavy (non-hydrogen) atoms. The molecular formula is C24H26N4O3. The smallest absolute Gasteiger partial charge is 0.254 e. The van der Waals surface area contributed by atoms with Gasteiger partial charge in [-0.2, -0.15) is 4.98 Å². The van der Waals surface area contributed by atoms with Gasteiger partial charge in [0.1, 0.15) is 0 Å². The Morgan fingerprint density at radius 2 is 1.81 bits per heavy atom. The SMILES string of the molecule is CN(Cc1ccccc1)C(=O)CCc1nc(C2CCCN2C(=O)c2ccccc2)no1. The Hall–Kier alpha value is -3.48. The van der Waals surface area contributed by atoms with Gasteiger partial charge >= 0.3 is 0 Å². The van der Waals surface area contributed by atoms with Gasteiger partial charge in [-0.3, -0.25) is 9.59 Å². The van der Waals surface area contributed by atoms with Gasteiger partial charge in [-0.15, -0.1) is 0 Å². The summed E-state index contributed by atoms with van der Waals surface area (Å²) in [7, 11) is 1.79. The molecule has 0 saturated carbocycles. The Labute approximate surface area is 181 Å². The molecule has 1 saturated heterocycles. The quantitative estimate of drug-likeness (QED) is 0.585. The van der Waals surface area contributed by atoms with Gasteiger partial charge in [-0.1, -0.05) is 53.7 Å². The van der Waals surface area contributed by atoms with Crippen LogP contribution in [0, 0.1) is 0 Å². The normalized spacial score (nSPS) is 15.8. The number of carbonyl (C=O) groups excluding carboxylic acids is 2. The molecule has 3 aromatic rings. The van der Waals surface area contributed by atoms with Crippen molar-refractivity contribution in [3.05, 3.63) is 83.5 Å². The van der Waals surface area contributed by atoms with Crippen molar-refractivity contribution in [3.8, 4) is 0 Å². The number of nitrogens with zero attached hydrogens (tertiary/aromatic N) is 4. The topological polar surface area (TPSA) is 79.5 Å². The highest BCUT2D eigenvalue weighted by molar-refractivity contribution is 5.94. The predicted octanol–water partition coefficient (Wildman–Crippen LogP) is 3.64. The van der Waals surface area contributed by atoms with Crippen LogP contribution in [0.25, 0.3) is 0 Å². The molecule has 1 aromatic heterocycles. The first-order valence-electron chi connectivity index (χ1n) is 10.6. The largest absolute Gasteiger partial charge is 0.341 e. The number of aryl methyl sites for hydroxylation is 1. The molecule has 1 unspecified atom stereocenters. The third-order valence-electron chi connectivity index (χ3n) is 5.56. The number of rotatable bonds is 7. The fraction of sp³-hybridized carbons (Fsp3) is 0.333. The summed E-state index contributed by atoms with van der Waals surface area (Å²) in [5, 5.41) is 4.11. The molecule has 0 radical (unpaired) electrons. The van der Waals surface area contributed by atoms with E-state index in [4.69, 9.17) is 4.52 Å². The van der Waals surface area contributed by atoms with Crippen molar-refractivity contribution in [3.63, 3.8) is 0 Å². The van der Waals surface area contributed by atoms with Gasteiger partial charge in [0.15, 0.2) is 5.82 Å². The van der Waals surface area contributed by atoms with Crippen molar-refractivity contribution in [2.75, 3.05) is 13.6 Å². The first kappa shape index (κ1) is 20.8. The van der Waals surface area contributed by atoms with Crippen LogP contribution < -0.4 is 0 Å². The van der Waals surface area contributed by atoms with Crippen LogP contribution in [-0.4, -0.2) is 45.3 Å². The van der Waals surface area contributed by atoms with Gasteiger partial charge in [0.25, 0.3) is 5.91 Å². The standard InChI is InChI=1S/C24H26N4O3/c1-27(17-18-9-4-2-5-10-18)22(29)15-14-21-25-23(26-31-21)20-13-8-16-28(20)24(30)19-11-6-3-7-12-19/h2-7,9-12,20H,8,13-17H2,1H3. The summed E-state index contributed by atoms with van der Waals surface area (Å²) in [5.41, 5.74) is 1.74. The van der Waals surface area contributed by atoms with Crippen molar-refractivity contribution in [2.45, 2.75) is 38.3 Å². The van der Waals surface area contributed by atoms with E-state index in [-0.39, 0.29) is 17.9 Å². The van der Waals surface area contributed by atoms with E-state index >= 15 is 0 Å². The second-order valence-corrected chi connectivity index (χ2v) is 7.80. The van der Waals surface area contributed by atoms with Crippen LogP contribution in [0.15, 0.2) is 65.2 Å². The molecule has 7 heteroatoms. The molecule has 0 aliphatic carbocycles. The molecule has 2 amide bonds. The highest BCUT2D eigenvalue weighted by atomic mass is 16.5. The lowest BCUT2D eigenvalue weighted by Crippen LogP contribution is -2.31. The van der Waals surface area contributed by atoms with Crippen molar-refractivity contribution in [2.24, 2.45) is 0 Å². The summed E-state index contributed by atoms with van der Waals surface area (Å²) >= 11 is 0. The van der Waals surface area contributed by atoms with Crippen LogP contribution in [0.1, 0.15) is 52.9 Å². The minimum atomic E-state index is -0.193. The molecule has 0 bridgehead atoms. The molecule has 0 spiro atoms. The molecule has 2 aromatic carbocycles. The lowest BCUT2D eigenvalue weighted by Gasteiger charge is -2.22. The van der Waals surface area contributed by atoms with Crippen LogP contribution in [-0.2, 0) is 17.8 Å². The molecule has 7 nitrogen and oxygen atoms in total. The summed E-state index contributed by atoms with van der Waals surface area (Å²) in [6.07, 6.45) is 2.37. The molecule has 1 aliphatic heterocycles. The maximum atomic E-state index is 12.9. The molecular weight excluding hydrogens is 392 g/mol. The van der Waals surface area contributed by atoms with Gasteiger partial charge in [0, 0.05) is 38.5 Å². The summed E-state index contributed by atoms with van der Waals surface area (Å²) < 4.78 is 5.39. The number of carbonyl (C=O) groups is 2. The number of amides is 2. The molecule has 1 aliphatic rings. The number of hydrogen-bond donors (Lipinski definition) is 0. The van der Waals surface area contributed by atoms with Crippen LogP contribution in [0.5, 0.6) is 0 Å². The van der Waals surface area contributed by atoms with E-state index in [2.05, 4.69) is 10.1 Å². The minimum Gasteiger partial charge on any atom is -0.341 e. The van der Waals surface area contributed by atoms with E-state index in [0.29, 0.717) is 43.2 Å². The number of aromatic nitrogens is 2. The lowest BCUT2D eigenvalue weighted by molar-refractivity contribution is -0.130. The molecule has 1 fully saturated rings. The molecule has 1 atom stereocenters. The van der Waals surface area contributed by atoms with E-state index in [0.717, 1.165) is 18.4 Å². The van der Waals surface area contributed by atoms with Gasteiger partial charge < -0.3 is 14.3 Å². The van der Waals surface area contributed by atoms with Crippen LogP contribution in [0.3, 0.4) is 0 Å². The van der Waals surface area contributed by atoms with Crippen LogP contribution in [0.4, 0.5) is 0 Å². The van der Waals surface area contributed by atoms with E-state index in [1.165, 1.54) is 0 Å².